The zero-order chi connectivity index (χ0) is 19.9. The molecule has 1 aliphatic rings. The number of carbonyl (C=O) groups is 1. The third kappa shape index (κ3) is 5.33. The molecule has 1 aliphatic heterocycles. The van der Waals surface area contributed by atoms with E-state index in [0.717, 1.165) is 41.3 Å². The number of piperidine rings is 1. The van der Waals surface area contributed by atoms with Crippen molar-refractivity contribution >= 4 is 23.0 Å². The van der Waals surface area contributed by atoms with E-state index in [1.165, 1.54) is 5.56 Å². The number of methoxy groups -OCH3 is 1. The molecule has 0 unspecified atom stereocenters. The van der Waals surface area contributed by atoms with Crippen molar-refractivity contribution in [2.75, 3.05) is 33.4 Å². The van der Waals surface area contributed by atoms with Gasteiger partial charge in [-0.2, -0.15) is 0 Å². The van der Waals surface area contributed by atoms with Gasteiger partial charge in [-0.3, -0.25) is 9.69 Å². The Balaban J connectivity index is 1.67. The van der Waals surface area contributed by atoms with Crippen LogP contribution in [0.15, 0.2) is 40.9 Å². The molecule has 0 aliphatic carbocycles. The molecule has 0 radical (unpaired) electrons. The van der Waals surface area contributed by atoms with Crippen LogP contribution in [-0.2, 0) is 9.63 Å². The molecule has 6 nitrogen and oxygen atoms in total. The Hall–Kier alpha value is -2.38. The minimum Gasteiger partial charge on any atom is -0.497 e. The monoisotopic (exact) mass is 402 g/mol. The number of nitrogens with zero attached hydrogens (tertiary/aromatic N) is 2. The Morgan fingerprint density at radius 2 is 2.25 bits per heavy atom. The highest BCUT2D eigenvalue weighted by Gasteiger charge is 2.25. The molecule has 2 aromatic rings. The summed E-state index contributed by atoms with van der Waals surface area (Å²) >= 11 is 1.63. The van der Waals surface area contributed by atoms with E-state index in [1.54, 1.807) is 18.4 Å². The van der Waals surface area contributed by atoms with Gasteiger partial charge in [0.1, 0.15) is 18.1 Å². The zero-order valence-corrected chi connectivity index (χ0v) is 17.1. The molecule has 3 rings (SSSR count). The fourth-order valence-electron chi connectivity index (χ4n) is 3.31. The smallest absolute Gasteiger partial charge is 0.307 e. The first-order valence-electron chi connectivity index (χ1n) is 9.42. The maximum absolute atomic E-state index is 11.2. The first-order chi connectivity index (χ1) is 13.6. The molecular formula is C21H26N2O4S. The number of likely N-dealkylation sites (tertiary alicyclic amines) is 1. The first kappa shape index (κ1) is 20.4. The summed E-state index contributed by atoms with van der Waals surface area (Å²) in [6.07, 6.45) is 1.66. The predicted molar refractivity (Wildman–Crippen MR) is 110 cm³/mol. The number of rotatable bonds is 8. The van der Waals surface area contributed by atoms with Gasteiger partial charge in [-0.1, -0.05) is 17.3 Å². The minimum atomic E-state index is -0.711. The van der Waals surface area contributed by atoms with Gasteiger partial charge >= 0.3 is 5.97 Å². The number of aliphatic carboxylic acids is 1. The summed E-state index contributed by atoms with van der Waals surface area (Å²) in [6, 6.07) is 9.86. The molecule has 0 bridgehead atoms. The van der Waals surface area contributed by atoms with Crippen molar-refractivity contribution < 1.29 is 19.5 Å². The molecule has 150 valence electrons. The lowest BCUT2D eigenvalue weighted by Crippen LogP contribution is -2.40. The van der Waals surface area contributed by atoms with Crippen molar-refractivity contribution in [1.29, 1.82) is 0 Å². The van der Waals surface area contributed by atoms with Gasteiger partial charge in [0.2, 0.25) is 0 Å². The van der Waals surface area contributed by atoms with E-state index in [1.807, 2.05) is 24.3 Å². The summed E-state index contributed by atoms with van der Waals surface area (Å²) < 4.78 is 5.33. The van der Waals surface area contributed by atoms with Crippen molar-refractivity contribution in [3.63, 3.8) is 0 Å². The first-order valence-corrected chi connectivity index (χ1v) is 10.3. The number of aryl methyl sites for hydroxylation is 1. The molecule has 1 atom stereocenters. The maximum atomic E-state index is 11.2. The van der Waals surface area contributed by atoms with Gasteiger partial charge in [-0.05, 0) is 55.5 Å². The molecule has 0 amide bonds. The van der Waals surface area contributed by atoms with Gasteiger partial charge in [0, 0.05) is 18.7 Å². The third-order valence-corrected chi connectivity index (χ3v) is 5.87. The molecule has 1 aromatic heterocycles. The topological polar surface area (TPSA) is 71.4 Å². The lowest BCUT2D eigenvalue weighted by atomic mass is 9.98. The quantitative estimate of drug-likeness (QED) is 0.415. The Bertz CT molecular complexity index is 833. The van der Waals surface area contributed by atoms with Crippen molar-refractivity contribution in [3.05, 3.63) is 51.7 Å². The van der Waals surface area contributed by atoms with Gasteiger partial charge in [-0.25, -0.2) is 0 Å². The minimum absolute atomic E-state index is 0.279. The number of oxime groups is 1. The number of carboxylic acid groups (broad SMARTS) is 1. The van der Waals surface area contributed by atoms with Crippen LogP contribution in [0, 0.1) is 12.8 Å². The van der Waals surface area contributed by atoms with E-state index in [4.69, 9.17) is 9.57 Å². The molecule has 1 fully saturated rings. The van der Waals surface area contributed by atoms with Gasteiger partial charge in [0.05, 0.1) is 17.9 Å². The Morgan fingerprint density at radius 3 is 2.96 bits per heavy atom. The SMILES string of the molecule is COc1cccc(/C(=N\OCCN2CCC[C@@H](C(=O)O)C2)c2cc(C)cs2)c1. The van der Waals surface area contributed by atoms with Crippen LogP contribution in [0.4, 0.5) is 0 Å². The Kier molecular flexibility index (Phi) is 7.06. The largest absolute Gasteiger partial charge is 0.497 e. The van der Waals surface area contributed by atoms with Crippen molar-refractivity contribution in [2.24, 2.45) is 11.1 Å². The highest BCUT2D eigenvalue weighted by atomic mass is 32.1. The van der Waals surface area contributed by atoms with Crippen molar-refractivity contribution in [2.45, 2.75) is 19.8 Å². The Morgan fingerprint density at radius 1 is 1.39 bits per heavy atom. The summed E-state index contributed by atoms with van der Waals surface area (Å²) in [5.41, 5.74) is 2.90. The van der Waals surface area contributed by atoms with Crippen LogP contribution in [0.2, 0.25) is 0 Å². The average molecular weight is 403 g/mol. The van der Waals surface area contributed by atoms with E-state index in [2.05, 4.69) is 28.4 Å². The van der Waals surface area contributed by atoms with Gasteiger partial charge in [0.25, 0.3) is 0 Å². The van der Waals surface area contributed by atoms with Crippen LogP contribution >= 0.6 is 11.3 Å². The summed E-state index contributed by atoms with van der Waals surface area (Å²) in [5, 5.41) is 15.7. The number of carboxylic acids is 1. The summed E-state index contributed by atoms with van der Waals surface area (Å²) in [5.74, 6) is -0.220. The molecule has 1 saturated heterocycles. The highest BCUT2D eigenvalue weighted by molar-refractivity contribution is 7.12. The average Bonchev–Trinajstić information content (AvgIpc) is 3.14. The van der Waals surface area contributed by atoms with E-state index in [9.17, 15) is 9.90 Å². The van der Waals surface area contributed by atoms with Crippen molar-refractivity contribution in [1.82, 2.24) is 4.90 Å². The highest BCUT2D eigenvalue weighted by Crippen LogP contribution is 2.22. The Labute approximate surface area is 169 Å². The van der Waals surface area contributed by atoms with E-state index >= 15 is 0 Å². The lowest BCUT2D eigenvalue weighted by molar-refractivity contribution is -0.143. The standard InChI is InChI=1S/C21H26N2O4S/c1-15-11-19(28-14-15)20(16-5-3-7-18(12-16)26-2)22-27-10-9-23-8-4-6-17(13-23)21(24)25/h3,5,7,11-12,14,17H,4,6,8-10,13H2,1-2H3,(H,24,25)/b22-20+/t17-/m1/s1. The van der Waals surface area contributed by atoms with E-state index in [0.29, 0.717) is 19.7 Å². The fourth-order valence-corrected chi connectivity index (χ4v) is 4.21. The molecule has 0 spiro atoms. The number of benzene rings is 1. The van der Waals surface area contributed by atoms with E-state index in [-0.39, 0.29) is 5.92 Å². The maximum Gasteiger partial charge on any atom is 0.307 e. The number of hydrogen-bond donors (Lipinski definition) is 1. The fraction of sp³-hybridized carbons (Fsp3) is 0.429. The van der Waals surface area contributed by atoms with Gasteiger partial charge < -0.3 is 14.7 Å². The second-order valence-corrected chi connectivity index (χ2v) is 7.88. The third-order valence-electron chi connectivity index (χ3n) is 4.82. The zero-order valence-electron chi connectivity index (χ0n) is 16.3. The van der Waals surface area contributed by atoms with Crippen LogP contribution in [0.1, 0.15) is 28.8 Å². The second-order valence-electron chi connectivity index (χ2n) is 6.97. The van der Waals surface area contributed by atoms with Crippen molar-refractivity contribution in [3.8, 4) is 5.75 Å². The summed E-state index contributed by atoms with van der Waals surface area (Å²) in [4.78, 5) is 20.0. The molecule has 2 heterocycles. The normalized spacial score (nSPS) is 18.1. The van der Waals surface area contributed by atoms with Gasteiger partial charge in [-0.15, -0.1) is 11.3 Å². The lowest BCUT2D eigenvalue weighted by Gasteiger charge is -2.29. The van der Waals surface area contributed by atoms with E-state index < -0.39 is 5.97 Å². The predicted octanol–water partition coefficient (Wildman–Crippen LogP) is 3.63. The van der Waals surface area contributed by atoms with Crippen LogP contribution in [0.5, 0.6) is 5.75 Å². The summed E-state index contributed by atoms with van der Waals surface area (Å²) in [6.45, 7) is 4.63. The molecule has 0 saturated carbocycles. The molecule has 7 heteroatoms. The number of hydrogen-bond acceptors (Lipinski definition) is 6. The summed E-state index contributed by atoms with van der Waals surface area (Å²) in [7, 11) is 1.64. The molecule has 28 heavy (non-hydrogen) atoms. The molecular weight excluding hydrogens is 376 g/mol. The number of ether oxygens (including phenoxy) is 1. The second kappa shape index (κ2) is 9.71. The van der Waals surface area contributed by atoms with Gasteiger partial charge in [0.15, 0.2) is 0 Å². The van der Waals surface area contributed by atoms with Crippen LogP contribution in [-0.4, -0.2) is 55.0 Å². The molecule has 1 N–H and O–H groups in total. The molecule has 1 aromatic carbocycles. The van der Waals surface area contributed by atoms with Crippen LogP contribution in [0.3, 0.4) is 0 Å². The van der Waals surface area contributed by atoms with Crippen LogP contribution < -0.4 is 4.74 Å². The van der Waals surface area contributed by atoms with Crippen LogP contribution in [0.25, 0.3) is 0 Å². The number of thiophene rings is 1.